The number of methoxy groups -OCH3 is 1. The minimum Gasteiger partial charge on any atom is -0.497 e. The van der Waals surface area contributed by atoms with Crippen molar-refractivity contribution in [1.29, 1.82) is 0 Å². The zero-order chi connectivity index (χ0) is 17.1. The summed E-state index contributed by atoms with van der Waals surface area (Å²) in [5.41, 5.74) is 1.70. The summed E-state index contributed by atoms with van der Waals surface area (Å²) in [5.74, 6) is 2.62. The third kappa shape index (κ3) is 3.18. The van der Waals surface area contributed by atoms with Crippen LogP contribution in [0.3, 0.4) is 0 Å². The van der Waals surface area contributed by atoms with Crippen molar-refractivity contribution >= 4 is 5.82 Å². The van der Waals surface area contributed by atoms with E-state index in [1.165, 1.54) is 0 Å². The maximum absolute atomic E-state index is 5.50. The highest BCUT2D eigenvalue weighted by Crippen LogP contribution is 2.30. The lowest BCUT2D eigenvalue weighted by Crippen LogP contribution is -2.37. The molecule has 1 aliphatic heterocycles. The molecule has 0 bridgehead atoms. The Bertz CT molecular complexity index is 842. The van der Waals surface area contributed by atoms with Crippen LogP contribution in [0.25, 0.3) is 22.8 Å². The monoisotopic (exact) mass is 338 g/mol. The van der Waals surface area contributed by atoms with E-state index in [0.717, 1.165) is 35.8 Å². The second-order valence-electron chi connectivity index (χ2n) is 5.63. The van der Waals surface area contributed by atoms with E-state index in [9.17, 15) is 0 Å². The Hall–Kier alpha value is -2.93. The highest BCUT2D eigenvalue weighted by atomic mass is 16.5. The molecule has 7 heteroatoms. The summed E-state index contributed by atoms with van der Waals surface area (Å²) in [6.07, 6.45) is 1.77. The number of benzene rings is 1. The predicted molar refractivity (Wildman–Crippen MR) is 92.5 cm³/mol. The van der Waals surface area contributed by atoms with Gasteiger partial charge >= 0.3 is 0 Å². The summed E-state index contributed by atoms with van der Waals surface area (Å²) in [6.45, 7) is 2.97. The Balaban J connectivity index is 1.65. The van der Waals surface area contributed by atoms with Gasteiger partial charge in [-0.3, -0.25) is 0 Å². The highest BCUT2D eigenvalue weighted by molar-refractivity contribution is 5.71. The van der Waals surface area contributed by atoms with Crippen LogP contribution in [0.2, 0.25) is 0 Å². The molecular weight excluding hydrogens is 320 g/mol. The smallest absolute Gasteiger partial charge is 0.261 e. The van der Waals surface area contributed by atoms with Crippen LogP contribution in [0.5, 0.6) is 5.75 Å². The van der Waals surface area contributed by atoms with Crippen molar-refractivity contribution in [2.75, 3.05) is 38.3 Å². The van der Waals surface area contributed by atoms with Gasteiger partial charge in [-0.25, -0.2) is 4.98 Å². The lowest BCUT2D eigenvalue weighted by molar-refractivity contribution is 0.122. The fourth-order valence-corrected chi connectivity index (χ4v) is 2.78. The summed E-state index contributed by atoms with van der Waals surface area (Å²) < 4.78 is 16.1. The highest BCUT2D eigenvalue weighted by Gasteiger charge is 2.20. The maximum Gasteiger partial charge on any atom is 0.261 e. The van der Waals surface area contributed by atoms with Crippen LogP contribution >= 0.6 is 0 Å². The van der Waals surface area contributed by atoms with Crippen LogP contribution in [-0.4, -0.2) is 48.5 Å². The molecule has 7 nitrogen and oxygen atoms in total. The van der Waals surface area contributed by atoms with E-state index in [-0.39, 0.29) is 0 Å². The van der Waals surface area contributed by atoms with Gasteiger partial charge in [-0.15, -0.1) is 0 Å². The molecule has 128 valence electrons. The minimum atomic E-state index is 0.459. The van der Waals surface area contributed by atoms with E-state index >= 15 is 0 Å². The first-order valence-corrected chi connectivity index (χ1v) is 8.11. The number of anilines is 1. The molecule has 1 fully saturated rings. The summed E-state index contributed by atoms with van der Waals surface area (Å²) >= 11 is 0. The number of morpholine rings is 1. The largest absolute Gasteiger partial charge is 0.497 e. The van der Waals surface area contributed by atoms with Crippen LogP contribution in [-0.2, 0) is 4.74 Å². The second-order valence-corrected chi connectivity index (χ2v) is 5.63. The van der Waals surface area contributed by atoms with Gasteiger partial charge in [0.2, 0.25) is 5.82 Å². The molecule has 1 aromatic carbocycles. The first kappa shape index (κ1) is 15.6. The van der Waals surface area contributed by atoms with Crippen molar-refractivity contribution in [1.82, 2.24) is 15.1 Å². The molecule has 4 rings (SSSR count). The number of nitrogens with zero attached hydrogens (tertiary/aromatic N) is 4. The Labute approximate surface area is 145 Å². The van der Waals surface area contributed by atoms with Gasteiger partial charge in [0.05, 0.1) is 25.9 Å². The average molecular weight is 338 g/mol. The molecule has 0 unspecified atom stereocenters. The predicted octanol–water partition coefficient (Wildman–Crippen LogP) is 2.64. The normalized spacial score (nSPS) is 14.5. The Kier molecular flexibility index (Phi) is 4.30. The van der Waals surface area contributed by atoms with E-state index in [1.807, 2.05) is 36.4 Å². The molecule has 0 saturated carbocycles. The third-order valence-electron chi connectivity index (χ3n) is 4.10. The Morgan fingerprint density at radius 2 is 1.88 bits per heavy atom. The van der Waals surface area contributed by atoms with Crippen molar-refractivity contribution in [3.63, 3.8) is 0 Å². The fourth-order valence-electron chi connectivity index (χ4n) is 2.78. The van der Waals surface area contributed by atoms with Crippen LogP contribution in [0.4, 0.5) is 5.82 Å². The molecule has 3 heterocycles. The van der Waals surface area contributed by atoms with E-state index in [1.54, 1.807) is 13.3 Å². The minimum absolute atomic E-state index is 0.459. The van der Waals surface area contributed by atoms with Crippen molar-refractivity contribution in [3.05, 3.63) is 42.6 Å². The number of pyridine rings is 1. The number of hydrogen-bond donors (Lipinski definition) is 0. The standard InChI is InChI=1S/C18H18N4O3/c1-23-14-6-4-13(5-7-14)16-20-18(25-21-16)15-3-2-8-19-17(15)22-9-11-24-12-10-22/h2-8H,9-12H2,1H3. The topological polar surface area (TPSA) is 73.5 Å². The molecule has 0 atom stereocenters. The van der Waals surface area contributed by atoms with Crippen LogP contribution in [0, 0.1) is 0 Å². The van der Waals surface area contributed by atoms with Crippen molar-refractivity contribution in [2.45, 2.75) is 0 Å². The molecule has 0 amide bonds. The summed E-state index contributed by atoms with van der Waals surface area (Å²) in [5, 5.41) is 4.11. The first-order valence-electron chi connectivity index (χ1n) is 8.11. The van der Waals surface area contributed by atoms with Crippen molar-refractivity contribution in [3.8, 4) is 28.6 Å². The molecular formula is C18H18N4O3. The van der Waals surface area contributed by atoms with Gasteiger partial charge in [0.1, 0.15) is 11.6 Å². The average Bonchev–Trinajstić information content (AvgIpc) is 3.19. The Morgan fingerprint density at radius 3 is 2.64 bits per heavy atom. The van der Waals surface area contributed by atoms with E-state index in [0.29, 0.717) is 24.9 Å². The number of hydrogen-bond acceptors (Lipinski definition) is 7. The molecule has 0 aliphatic carbocycles. The van der Waals surface area contributed by atoms with Crippen LogP contribution in [0.15, 0.2) is 47.1 Å². The van der Waals surface area contributed by atoms with Gasteiger partial charge < -0.3 is 18.9 Å². The van der Waals surface area contributed by atoms with E-state index in [4.69, 9.17) is 14.0 Å². The Morgan fingerprint density at radius 1 is 1.08 bits per heavy atom. The molecule has 0 N–H and O–H groups in total. The molecule has 0 spiro atoms. The van der Waals surface area contributed by atoms with E-state index < -0.39 is 0 Å². The quantitative estimate of drug-likeness (QED) is 0.724. The first-order chi connectivity index (χ1) is 12.3. The van der Waals surface area contributed by atoms with Crippen LogP contribution < -0.4 is 9.64 Å². The van der Waals surface area contributed by atoms with Gasteiger partial charge in [-0.05, 0) is 36.4 Å². The SMILES string of the molecule is COc1ccc(-c2noc(-c3cccnc3N3CCOCC3)n2)cc1. The summed E-state index contributed by atoms with van der Waals surface area (Å²) in [6, 6.07) is 11.4. The van der Waals surface area contributed by atoms with Gasteiger partial charge in [-0.2, -0.15) is 4.98 Å². The summed E-state index contributed by atoms with van der Waals surface area (Å²) in [4.78, 5) is 11.2. The second kappa shape index (κ2) is 6.90. The number of rotatable bonds is 4. The molecule has 3 aromatic rings. The molecule has 1 saturated heterocycles. The molecule has 0 radical (unpaired) electrons. The van der Waals surface area contributed by atoms with Gasteiger partial charge in [-0.1, -0.05) is 5.16 Å². The van der Waals surface area contributed by atoms with E-state index in [2.05, 4.69) is 20.0 Å². The van der Waals surface area contributed by atoms with Gasteiger partial charge in [0.15, 0.2) is 0 Å². The van der Waals surface area contributed by atoms with Gasteiger partial charge in [0, 0.05) is 24.8 Å². The number of aromatic nitrogens is 3. The van der Waals surface area contributed by atoms with Gasteiger partial charge in [0.25, 0.3) is 5.89 Å². The molecule has 25 heavy (non-hydrogen) atoms. The summed E-state index contributed by atoms with van der Waals surface area (Å²) in [7, 11) is 1.64. The maximum atomic E-state index is 5.50. The number of ether oxygens (including phenoxy) is 2. The van der Waals surface area contributed by atoms with Crippen LogP contribution in [0.1, 0.15) is 0 Å². The lowest BCUT2D eigenvalue weighted by atomic mass is 10.2. The fraction of sp³-hybridized carbons (Fsp3) is 0.278. The zero-order valence-electron chi connectivity index (χ0n) is 13.9. The van der Waals surface area contributed by atoms with Crippen molar-refractivity contribution in [2.24, 2.45) is 0 Å². The molecule has 2 aromatic heterocycles. The molecule has 1 aliphatic rings. The van der Waals surface area contributed by atoms with Crippen molar-refractivity contribution < 1.29 is 14.0 Å². The lowest BCUT2D eigenvalue weighted by Gasteiger charge is -2.28. The third-order valence-corrected chi connectivity index (χ3v) is 4.10. The zero-order valence-corrected chi connectivity index (χ0v) is 13.9.